The van der Waals surface area contributed by atoms with Gasteiger partial charge in [-0.05, 0) is 17.7 Å². The number of anilines is 2. The molecule has 0 atom stereocenters. The van der Waals surface area contributed by atoms with Gasteiger partial charge in [0, 0.05) is 6.54 Å². The van der Waals surface area contributed by atoms with Crippen LogP contribution in [0.3, 0.4) is 0 Å². The maximum atomic E-state index is 6.25. The van der Waals surface area contributed by atoms with E-state index >= 15 is 0 Å². The van der Waals surface area contributed by atoms with Crippen LogP contribution in [0, 0.1) is 0 Å². The zero-order chi connectivity index (χ0) is 16.4. The fourth-order valence-corrected chi connectivity index (χ4v) is 2.50. The molecule has 0 amide bonds. The first-order valence-electron chi connectivity index (χ1n) is 7.52. The Kier molecular flexibility index (Phi) is 3.51. The van der Waals surface area contributed by atoms with E-state index < -0.39 is 0 Å². The molecule has 0 saturated carbocycles. The summed E-state index contributed by atoms with van der Waals surface area (Å²) in [5, 5.41) is 11.5. The predicted molar refractivity (Wildman–Crippen MR) is 92.6 cm³/mol. The van der Waals surface area contributed by atoms with Crippen molar-refractivity contribution in [3.63, 3.8) is 0 Å². The van der Waals surface area contributed by atoms with Gasteiger partial charge in [-0.2, -0.15) is 4.68 Å². The van der Waals surface area contributed by atoms with E-state index in [1.54, 1.807) is 4.68 Å². The lowest BCUT2D eigenvalue weighted by atomic mass is 10.2. The minimum Gasteiger partial charge on any atom is -0.393 e. The normalized spacial score (nSPS) is 10.8. The Morgan fingerprint density at radius 3 is 2.62 bits per heavy atom. The van der Waals surface area contributed by atoms with Gasteiger partial charge in [0.15, 0.2) is 11.6 Å². The zero-order valence-electron chi connectivity index (χ0n) is 12.8. The van der Waals surface area contributed by atoms with Crippen molar-refractivity contribution in [3.8, 4) is 5.82 Å². The van der Waals surface area contributed by atoms with Gasteiger partial charge in [-0.3, -0.25) is 0 Å². The SMILES string of the molecule is Nc1c(NCc2ccccc2)ncnc1-n1nnc2ccccc21. The number of para-hydroxylation sites is 1. The quantitative estimate of drug-likeness (QED) is 0.600. The molecule has 0 bridgehead atoms. The van der Waals surface area contributed by atoms with E-state index in [-0.39, 0.29) is 0 Å². The van der Waals surface area contributed by atoms with Crippen LogP contribution in [-0.4, -0.2) is 25.0 Å². The average Bonchev–Trinajstić information content (AvgIpc) is 3.06. The van der Waals surface area contributed by atoms with Crippen LogP contribution in [0.1, 0.15) is 5.56 Å². The number of rotatable bonds is 4. The van der Waals surface area contributed by atoms with Crippen molar-refractivity contribution in [1.82, 2.24) is 25.0 Å². The highest BCUT2D eigenvalue weighted by Gasteiger charge is 2.13. The summed E-state index contributed by atoms with van der Waals surface area (Å²) in [5.74, 6) is 1.08. The molecule has 0 radical (unpaired) electrons. The largest absolute Gasteiger partial charge is 0.393 e. The molecule has 7 nitrogen and oxygen atoms in total. The molecule has 7 heteroatoms. The van der Waals surface area contributed by atoms with Gasteiger partial charge in [0.1, 0.15) is 17.5 Å². The van der Waals surface area contributed by atoms with Gasteiger partial charge >= 0.3 is 0 Å². The molecular weight excluding hydrogens is 302 g/mol. The van der Waals surface area contributed by atoms with E-state index in [1.807, 2.05) is 54.6 Å². The van der Waals surface area contributed by atoms with Crippen LogP contribution in [0.4, 0.5) is 11.5 Å². The highest BCUT2D eigenvalue weighted by atomic mass is 15.4. The summed E-state index contributed by atoms with van der Waals surface area (Å²) in [5.41, 5.74) is 9.46. The van der Waals surface area contributed by atoms with Crippen molar-refractivity contribution >= 4 is 22.5 Å². The maximum Gasteiger partial charge on any atom is 0.184 e. The first-order chi connectivity index (χ1) is 11.8. The third-order valence-electron chi connectivity index (χ3n) is 3.72. The Morgan fingerprint density at radius 2 is 1.75 bits per heavy atom. The molecule has 0 unspecified atom stereocenters. The molecule has 4 rings (SSSR count). The number of nitrogens with zero attached hydrogens (tertiary/aromatic N) is 5. The van der Waals surface area contributed by atoms with Crippen molar-refractivity contribution in [1.29, 1.82) is 0 Å². The van der Waals surface area contributed by atoms with Crippen LogP contribution in [0.2, 0.25) is 0 Å². The number of nitrogens with two attached hydrogens (primary N) is 1. The Bertz CT molecular complexity index is 979. The van der Waals surface area contributed by atoms with Crippen LogP contribution in [0.25, 0.3) is 16.9 Å². The van der Waals surface area contributed by atoms with Gasteiger partial charge in [-0.25, -0.2) is 9.97 Å². The number of aromatic nitrogens is 5. The highest BCUT2D eigenvalue weighted by molar-refractivity contribution is 5.78. The monoisotopic (exact) mass is 317 g/mol. The molecule has 0 aliphatic rings. The smallest absolute Gasteiger partial charge is 0.184 e. The van der Waals surface area contributed by atoms with Gasteiger partial charge in [-0.1, -0.05) is 47.7 Å². The third-order valence-corrected chi connectivity index (χ3v) is 3.72. The number of hydrogen-bond donors (Lipinski definition) is 2. The number of benzene rings is 2. The molecule has 0 saturated heterocycles. The van der Waals surface area contributed by atoms with E-state index in [0.29, 0.717) is 23.9 Å². The van der Waals surface area contributed by atoms with Crippen LogP contribution >= 0.6 is 0 Å². The highest BCUT2D eigenvalue weighted by Crippen LogP contribution is 2.24. The summed E-state index contributed by atoms with van der Waals surface area (Å²) in [6.07, 6.45) is 1.47. The molecule has 3 N–H and O–H groups in total. The van der Waals surface area contributed by atoms with Crippen LogP contribution in [0.15, 0.2) is 60.9 Å². The molecule has 4 aromatic rings. The van der Waals surface area contributed by atoms with E-state index in [4.69, 9.17) is 5.73 Å². The lowest BCUT2D eigenvalue weighted by molar-refractivity contribution is 0.799. The summed E-state index contributed by atoms with van der Waals surface area (Å²) in [6.45, 7) is 0.625. The zero-order valence-corrected chi connectivity index (χ0v) is 12.8. The summed E-state index contributed by atoms with van der Waals surface area (Å²) in [6, 6.07) is 17.7. The minimum absolute atomic E-state index is 0.434. The van der Waals surface area contributed by atoms with E-state index in [2.05, 4.69) is 25.6 Å². The second kappa shape index (κ2) is 5.96. The standard InChI is InChI=1S/C17H15N7/c18-15-16(19-10-12-6-2-1-3-7-12)20-11-21-17(15)24-14-9-5-4-8-13(14)22-23-24/h1-9,11H,10,18H2,(H,19,20,21). The van der Waals surface area contributed by atoms with Crippen molar-refractivity contribution < 1.29 is 0 Å². The van der Waals surface area contributed by atoms with E-state index in [0.717, 1.165) is 16.6 Å². The summed E-state index contributed by atoms with van der Waals surface area (Å²) < 4.78 is 1.63. The minimum atomic E-state index is 0.434. The van der Waals surface area contributed by atoms with Crippen LogP contribution < -0.4 is 11.1 Å². The first-order valence-corrected chi connectivity index (χ1v) is 7.52. The molecule has 2 aromatic carbocycles. The molecule has 0 fully saturated rings. The lowest BCUT2D eigenvalue weighted by Gasteiger charge is -2.11. The predicted octanol–water partition coefficient (Wildman–Crippen LogP) is 2.40. The van der Waals surface area contributed by atoms with Crippen LogP contribution in [-0.2, 0) is 6.54 Å². The number of nitrogen functional groups attached to an aromatic ring is 1. The fraction of sp³-hybridized carbons (Fsp3) is 0.0588. The van der Waals surface area contributed by atoms with Gasteiger partial charge in [0.25, 0.3) is 0 Å². The molecule has 24 heavy (non-hydrogen) atoms. The summed E-state index contributed by atoms with van der Waals surface area (Å²) in [4.78, 5) is 8.51. The lowest BCUT2D eigenvalue weighted by Crippen LogP contribution is -2.10. The summed E-state index contributed by atoms with van der Waals surface area (Å²) in [7, 11) is 0. The van der Waals surface area contributed by atoms with Crippen LogP contribution in [0.5, 0.6) is 0 Å². The van der Waals surface area contributed by atoms with Gasteiger partial charge in [0.05, 0.1) is 5.52 Å². The maximum absolute atomic E-state index is 6.25. The van der Waals surface area contributed by atoms with Crippen molar-refractivity contribution in [2.24, 2.45) is 0 Å². The molecule has 0 aliphatic carbocycles. The fourth-order valence-electron chi connectivity index (χ4n) is 2.50. The molecule has 0 spiro atoms. The van der Waals surface area contributed by atoms with E-state index in [1.165, 1.54) is 6.33 Å². The Morgan fingerprint density at radius 1 is 0.958 bits per heavy atom. The number of nitrogens with one attached hydrogen (secondary N) is 1. The Hall–Kier alpha value is -3.48. The molecule has 118 valence electrons. The summed E-state index contributed by atoms with van der Waals surface area (Å²) >= 11 is 0. The molecule has 2 heterocycles. The van der Waals surface area contributed by atoms with Crippen molar-refractivity contribution in [2.45, 2.75) is 6.54 Å². The van der Waals surface area contributed by atoms with Gasteiger partial charge < -0.3 is 11.1 Å². The Labute approximate surface area is 138 Å². The number of hydrogen-bond acceptors (Lipinski definition) is 6. The first kappa shape index (κ1) is 14.1. The van der Waals surface area contributed by atoms with Crippen molar-refractivity contribution in [3.05, 3.63) is 66.5 Å². The molecular formula is C17H15N7. The third kappa shape index (κ3) is 2.52. The second-order valence-corrected chi connectivity index (χ2v) is 5.29. The molecule has 0 aliphatic heterocycles. The van der Waals surface area contributed by atoms with Crippen molar-refractivity contribution in [2.75, 3.05) is 11.1 Å². The Balaban J connectivity index is 1.68. The topological polar surface area (TPSA) is 94.5 Å². The average molecular weight is 317 g/mol. The van der Waals surface area contributed by atoms with E-state index in [9.17, 15) is 0 Å². The van der Waals surface area contributed by atoms with Gasteiger partial charge in [0.2, 0.25) is 0 Å². The number of fused-ring (bicyclic) bond motifs is 1. The molecule has 2 aromatic heterocycles. The second-order valence-electron chi connectivity index (χ2n) is 5.29. The van der Waals surface area contributed by atoms with Gasteiger partial charge in [-0.15, -0.1) is 5.10 Å².